The van der Waals surface area contributed by atoms with Crippen molar-refractivity contribution in [2.75, 3.05) is 26.7 Å². The highest BCUT2D eigenvalue weighted by molar-refractivity contribution is 5.34. The van der Waals surface area contributed by atoms with Gasteiger partial charge in [-0.15, -0.1) is 0 Å². The van der Waals surface area contributed by atoms with Crippen LogP contribution in [-0.4, -0.2) is 36.7 Å². The summed E-state index contributed by atoms with van der Waals surface area (Å²) < 4.78 is 0. The Hall–Kier alpha value is -1.06. The van der Waals surface area contributed by atoms with Crippen LogP contribution >= 0.6 is 0 Å². The Morgan fingerprint density at radius 3 is 2.94 bits per heavy atom. The fourth-order valence-electron chi connectivity index (χ4n) is 2.94. The van der Waals surface area contributed by atoms with Crippen LogP contribution in [0.5, 0.6) is 5.75 Å². The highest BCUT2D eigenvalue weighted by atomic mass is 16.3. The van der Waals surface area contributed by atoms with Gasteiger partial charge in [0.25, 0.3) is 0 Å². The van der Waals surface area contributed by atoms with Crippen molar-refractivity contribution >= 4 is 0 Å². The quantitative estimate of drug-likeness (QED) is 0.859. The molecule has 1 aromatic rings. The SMILES string of the molecule is CNCC1CCCN(C(C)c2ccccc2O)C1. The molecule has 1 fully saturated rings. The summed E-state index contributed by atoms with van der Waals surface area (Å²) in [4.78, 5) is 2.49. The summed E-state index contributed by atoms with van der Waals surface area (Å²) in [6.07, 6.45) is 2.56. The number of piperidine rings is 1. The summed E-state index contributed by atoms with van der Waals surface area (Å²) in [7, 11) is 2.02. The van der Waals surface area contributed by atoms with Crippen molar-refractivity contribution < 1.29 is 5.11 Å². The topological polar surface area (TPSA) is 35.5 Å². The third kappa shape index (κ3) is 3.03. The fraction of sp³-hybridized carbons (Fsp3) is 0.600. The summed E-state index contributed by atoms with van der Waals surface area (Å²) in [5.41, 5.74) is 1.04. The summed E-state index contributed by atoms with van der Waals surface area (Å²) in [6, 6.07) is 7.99. The molecular formula is C15H24N2O. The molecule has 0 spiro atoms. The van der Waals surface area contributed by atoms with Gasteiger partial charge >= 0.3 is 0 Å². The molecule has 0 radical (unpaired) electrons. The average molecular weight is 248 g/mol. The van der Waals surface area contributed by atoms with Crippen LogP contribution in [0.4, 0.5) is 0 Å². The number of aromatic hydroxyl groups is 1. The molecule has 1 heterocycles. The molecule has 0 aliphatic carbocycles. The standard InChI is InChI=1S/C15H24N2O/c1-12(14-7-3-4-8-15(14)18)17-9-5-6-13(11-17)10-16-2/h3-4,7-8,12-13,16,18H,5-6,9-11H2,1-2H3. The first-order valence-corrected chi connectivity index (χ1v) is 6.89. The predicted octanol–water partition coefficient (Wildman–Crippen LogP) is 2.38. The second kappa shape index (κ2) is 6.21. The molecule has 2 rings (SSSR count). The predicted molar refractivity (Wildman–Crippen MR) is 74.7 cm³/mol. The van der Waals surface area contributed by atoms with Crippen LogP contribution in [0.2, 0.25) is 0 Å². The van der Waals surface area contributed by atoms with Crippen LogP contribution < -0.4 is 5.32 Å². The van der Waals surface area contributed by atoms with E-state index in [1.165, 1.54) is 12.8 Å². The van der Waals surface area contributed by atoms with Gasteiger partial charge in [-0.3, -0.25) is 4.90 Å². The van der Waals surface area contributed by atoms with E-state index in [0.29, 0.717) is 11.8 Å². The minimum Gasteiger partial charge on any atom is -0.508 e. The Balaban J connectivity index is 2.04. The molecule has 2 atom stereocenters. The number of rotatable bonds is 4. The number of phenolic OH excluding ortho intramolecular Hbond substituents is 1. The van der Waals surface area contributed by atoms with Gasteiger partial charge in [-0.1, -0.05) is 18.2 Å². The van der Waals surface area contributed by atoms with Crippen LogP contribution in [-0.2, 0) is 0 Å². The maximum Gasteiger partial charge on any atom is 0.120 e. The Labute approximate surface area is 110 Å². The normalized spacial score (nSPS) is 22.9. The third-order valence-corrected chi connectivity index (χ3v) is 3.98. The van der Waals surface area contributed by atoms with E-state index in [1.54, 1.807) is 6.07 Å². The number of hydrogen-bond acceptors (Lipinski definition) is 3. The Morgan fingerprint density at radius 1 is 1.44 bits per heavy atom. The van der Waals surface area contributed by atoms with E-state index < -0.39 is 0 Å². The first-order chi connectivity index (χ1) is 8.72. The van der Waals surface area contributed by atoms with Gasteiger partial charge in [0.15, 0.2) is 0 Å². The number of benzene rings is 1. The Bertz CT molecular complexity index is 379. The van der Waals surface area contributed by atoms with E-state index in [1.807, 2.05) is 25.2 Å². The highest BCUT2D eigenvalue weighted by Gasteiger charge is 2.24. The number of phenols is 1. The molecule has 1 saturated heterocycles. The van der Waals surface area contributed by atoms with Crippen LogP contribution in [0.3, 0.4) is 0 Å². The molecule has 100 valence electrons. The van der Waals surface area contributed by atoms with E-state index in [9.17, 15) is 5.11 Å². The lowest BCUT2D eigenvalue weighted by Crippen LogP contribution is -2.40. The largest absolute Gasteiger partial charge is 0.508 e. The van der Waals surface area contributed by atoms with Gasteiger partial charge in [0.05, 0.1) is 0 Å². The van der Waals surface area contributed by atoms with Crippen molar-refractivity contribution in [2.24, 2.45) is 5.92 Å². The summed E-state index contributed by atoms with van der Waals surface area (Å²) >= 11 is 0. The van der Waals surface area contributed by atoms with E-state index in [4.69, 9.17) is 0 Å². The Morgan fingerprint density at radius 2 is 2.22 bits per heavy atom. The Kier molecular flexibility index (Phi) is 4.61. The van der Waals surface area contributed by atoms with Crippen molar-refractivity contribution in [3.05, 3.63) is 29.8 Å². The zero-order valence-electron chi connectivity index (χ0n) is 11.4. The molecule has 0 saturated carbocycles. The molecular weight excluding hydrogens is 224 g/mol. The highest BCUT2D eigenvalue weighted by Crippen LogP contribution is 2.31. The minimum absolute atomic E-state index is 0.297. The van der Waals surface area contributed by atoms with Gasteiger partial charge < -0.3 is 10.4 Å². The molecule has 18 heavy (non-hydrogen) atoms. The third-order valence-electron chi connectivity index (χ3n) is 3.98. The zero-order valence-corrected chi connectivity index (χ0v) is 11.4. The van der Waals surface area contributed by atoms with Gasteiger partial charge in [-0.05, 0) is 51.9 Å². The van der Waals surface area contributed by atoms with E-state index in [2.05, 4.69) is 17.1 Å². The lowest BCUT2D eigenvalue weighted by molar-refractivity contribution is 0.130. The van der Waals surface area contributed by atoms with E-state index in [-0.39, 0.29) is 0 Å². The van der Waals surface area contributed by atoms with Gasteiger partial charge in [0.1, 0.15) is 5.75 Å². The van der Waals surface area contributed by atoms with Crippen molar-refractivity contribution in [1.29, 1.82) is 0 Å². The first-order valence-electron chi connectivity index (χ1n) is 6.89. The van der Waals surface area contributed by atoms with Crippen molar-refractivity contribution in [3.8, 4) is 5.75 Å². The molecule has 0 bridgehead atoms. The van der Waals surface area contributed by atoms with Gasteiger partial charge in [0, 0.05) is 18.2 Å². The molecule has 3 nitrogen and oxygen atoms in total. The number of likely N-dealkylation sites (tertiary alicyclic amines) is 1. The van der Waals surface area contributed by atoms with Crippen LogP contribution in [0.15, 0.2) is 24.3 Å². The summed E-state index contributed by atoms with van der Waals surface area (Å²) in [5.74, 6) is 1.15. The monoisotopic (exact) mass is 248 g/mol. The molecule has 1 aromatic carbocycles. The molecule has 2 N–H and O–H groups in total. The lowest BCUT2D eigenvalue weighted by atomic mass is 9.95. The number of para-hydroxylation sites is 1. The lowest BCUT2D eigenvalue weighted by Gasteiger charge is -2.37. The van der Waals surface area contributed by atoms with Gasteiger partial charge in [-0.25, -0.2) is 0 Å². The van der Waals surface area contributed by atoms with Gasteiger partial charge in [-0.2, -0.15) is 0 Å². The van der Waals surface area contributed by atoms with Gasteiger partial charge in [0.2, 0.25) is 0 Å². The smallest absolute Gasteiger partial charge is 0.120 e. The second-order valence-corrected chi connectivity index (χ2v) is 5.30. The first kappa shape index (κ1) is 13.4. The zero-order chi connectivity index (χ0) is 13.0. The van der Waals surface area contributed by atoms with Crippen molar-refractivity contribution in [2.45, 2.75) is 25.8 Å². The molecule has 3 heteroatoms. The molecule has 0 amide bonds. The van der Waals surface area contributed by atoms with Crippen LogP contribution in [0.25, 0.3) is 0 Å². The second-order valence-electron chi connectivity index (χ2n) is 5.30. The maximum absolute atomic E-state index is 9.94. The minimum atomic E-state index is 0.297. The summed E-state index contributed by atoms with van der Waals surface area (Å²) in [6.45, 7) is 5.53. The number of hydrogen-bond donors (Lipinski definition) is 2. The van der Waals surface area contributed by atoms with Crippen LogP contribution in [0.1, 0.15) is 31.4 Å². The van der Waals surface area contributed by atoms with Crippen molar-refractivity contribution in [1.82, 2.24) is 10.2 Å². The molecule has 2 unspecified atom stereocenters. The number of nitrogens with one attached hydrogen (secondary N) is 1. The van der Waals surface area contributed by atoms with Crippen LogP contribution in [0, 0.1) is 5.92 Å². The number of nitrogens with zero attached hydrogens (tertiary/aromatic N) is 1. The van der Waals surface area contributed by atoms with Crippen molar-refractivity contribution in [3.63, 3.8) is 0 Å². The summed E-state index contributed by atoms with van der Waals surface area (Å²) in [5, 5.41) is 13.2. The van der Waals surface area contributed by atoms with E-state index in [0.717, 1.165) is 31.1 Å². The molecule has 0 aromatic heterocycles. The molecule has 1 aliphatic heterocycles. The van der Waals surface area contributed by atoms with E-state index >= 15 is 0 Å². The average Bonchev–Trinajstić information content (AvgIpc) is 2.39. The molecule has 1 aliphatic rings. The fourth-order valence-corrected chi connectivity index (χ4v) is 2.94. The maximum atomic E-state index is 9.94.